The van der Waals surface area contributed by atoms with Gasteiger partial charge in [0, 0.05) is 6.42 Å². The lowest BCUT2D eigenvalue weighted by atomic mass is 10.0. The van der Waals surface area contributed by atoms with Crippen molar-refractivity contribution in [2.75, 3.05) is 6.61 Å². The zero-order chi connectivity index (χ0) is 8.43. The number of aliphatic hydroxyl groups excluding tert-OH is 4. The van der Waals surface area contributed by atoms with E-state index >= 15 is 0 Å². The van der Waals surface area contributed by atoms with E-state index < -0.39 is 31.2 Å². The van der Waals surface area contributed by atoms with Crippen molar-refractivity contribution in [3.05, 3.63) is 0 Å². The van der Waals surface area contributed by atoms with Gasteiger partial charge >= 0.3 is 0 Å². The first-order chi connectivity index (χ1) is 5.15. The Hall–Kier alpha value is -0.200. The van der Waals surface area contributed by atoms with Gasteiger partial charge in [-0.05, 0) is 0 Å². The van der Waals surface area contributed by atoms with Crippen LogP contribution in [0.4, 0.5) is 0 Å². The van der Waals surface area contributed by atoms with E-state index in [0.29, 0.717) is 0 Å². The molecule has 1 aliphatic rings. The second kappa shape index (κ2) is 3.46. The molecule has 1 fully saturated rings. The summed E-state index contributed by atoms with van der Waals surface area (Å²) in [7, 11) is 0. The van der Waals surface area contributed by atoms with Crippen molar-refractivity contribution >= 4 is 0 Å². The van der Waals surface area contributed by atoms with Gasteiger partial charge in [0.05, 0.1) is 12.7 Å². The van der Waals surface area contributed by atoms with E-state index in [-0.39, 0.29) is 6.42 Å². The third-order valence-electron chi connectivity index (χ3n) is 1.73. The van der Waals surface area contributed by atoms with E-state index in [1.54, 1.807) is 0 Å². The topological polar surface area (TPSA) is 90.2 Å². The summed E-state index contributed by atoms with van der Waals surface area (Å²) in [6.45, 7) is -0.407. The van der Waals surface area contributed by atoms with Gasteiger partial charge in [0.1, 0.15) is 12.2 Å². The highest BCUT2D eigenvalue weighted by Crippen LogP contribution is 2.18. The summed E-state index contributed by atoms with van der Waals surface area (Å²) < 4.78 is 4.71. The van der Waals surface area contributed by atoms with Crippen LogP contribution in [0.25, 0.3) is 0 Å². The molecule has 11 heavy (non-hydrogen) atoms. The fraction of sp³-hybridized carbons (Fsp3) is 1.00. The van der Waals surface area contributed by atoms with E-state index in [2.05, 4.69) is 0 Å². The lowest BCUT2D eigenvalue weighted by Crippen LogP contribution is -2.49. The van der Waals surface area contributed by atoms with E-state index in [4.69, 9.17) is 25.2 Å². The molecule has 66 valence electrons. The lowest BCUT2D eigenvalue weighted by molar-refractivity contribution is -0.239. The van der Waals surface area contributed by atoms with Crippen LogP contribution < -0.4 is 0 Å². The number of ether oxygens (including phenoxy) is 1. The van der Waals surface area contributed by atoms with Gasteiger partial charge in [-0.15, -0.1) is 0 Å². The largest absolute Gasteiger partial charge is 0.394 e. The zero-order valence-corrected chi connectivity index (χ0v) is 5.92. The van der Waals surface area contributed by atoms with Crippen molar-refractivity contribution in [1.29, 1.82) is 0 Å². The van der Waals surface area contributed by atoms with Crippen molar-refractivity contribution in [3.63, 3.8) is 0 Å². The van der Waals surface area contributed by atoms with Gasteiger partial charge in [0.2, 0.25) is 0 Å². The van der Waals surface area contributed by atoms with Gasteiger partial charge in [-0.1, -0.05) is 0 Å². The van der Waals surface area contributed by atoms with E-state index in [1.165, 1.54) is 0 Å². The second-order valence-electron chi connectivity index (χ2n) is 2.61. The minimum atomic E-state index is -1.11. The fourth-order valence-corrected chi connectivity index (χ4v) is 1.08. The highest BCUT2D eigenvalue weighted by atomic mass is 16.6. The van der Waals surface area contributed by atoms with Crippen LogP contribution in [0.15, 0.2) is 0 Å². The third-order valence-corrected chi connectivity index (χ3v) is 1.73. The molecule has 1 rings (SSSR count). The summed E-state index contributed by atoms with van der Waals surface area (Å²) in [4.78, 5) is 0. The standard InChI is InChI=1S/C6H12O5/c7-2-4-6(10)3(8)1-5(9)11-4/h3-10H,1-2H2/t3-,4?,5+,6-/m0/s1. The van der Waals surface area contributed by atoms with Gasteiger partial charge in [-0.2, -0.15) is 0 Å². The van der Waals surface area contributed by atoms with Crippen LogP contribution in [0.5, 0.6) is 0 Å². The van der Waals surface area contributed by atoms with E-state index in [9.17, 15) is 0 Å². The number of aliphatic hydroxyl groups is 4. The Labute approximate surface area is 63.8 Å². The Balaban J connectivity index is 2.51. The summed E-state index contributed by atoms with van der Waals surface area (Å²) in [6.07, 6.45) is -4.11. The molecule has 0 aliphatic carbocycles. The Bertz CT molecular complexity index is 128. The van der Waals surface area contributed by atoms with Crippen molar-refractivity contribution in [3.8, 4) is 0 Å². The first-order valence-corrected chi connectivity index (χ1v) is 3.45. The molecule has 5 nitrogen and oxygen atoms in total. The molecule has 0 amide bonds. The van der Waals surface area contributed by atoms with Gasteiger partial charge in [-0.25, -0.2) is 0 Å². The molecule has 0 aromatic rings. The quantitative estimate of drug-likeness (QED) is 0.353. The maximum absolute atomic E-state index is 9.11. The molecule has 0 aromatic heterocycles. The summed E-state index contributed by atoms with van der Waals surface area (Å²) in [5.41, 5.74) is 0. The van der Waals surface area contributed by atoms with Crippen LogP contribution >= 0.6 is 0 Å². The van der Waals surface area contributed by atoms with Crippen LogP contribution in [-0.4, -0.2) is 51.6 Å². The molecular weight excluding hydrogens is 152 g/mol. The summed E-state index contributed by atoms with van der Waals surface area (Å²) in [5, 5.41) is 35.6. The van der Waals surface area contributed by atoms with Crippen LogP contribution in [0.2, 0.25) is 0 Å². The van der Waals surface area contributed by atoms with Crippen molar-refractivity contribution in [2.24, 2.45) is 0 Å². The Morgan fingerprint density at radius 1 is 1.27 bits per heavy atom. The molecule has 4 N–H and O–H groups in total. The minimum Gasteiger partial charge on any atom is -0.394 e. The highest BCUT2D eigenvalue weighted by molar-refractivity contribution is 4.81. The SMILES string of the molecule is OCC1O[C@@H](O)C[C@H](O)[C@@H]1O. The van der Waals surface area contributed by atoms with Gasteiger partial charge in [-0.3, -0.25) is 0 Å². The molecule has 1 saturated heterocycles. The smallest absolute Gasteiger partial charge is 0.157 e. The number of hydrogen-bond acceptors (Lipinski definition) is 5. The van der Waals surface area contributed by atoms with Gasteiger partial charge < -0.3 is 25.2 Å². The molecule has 1 aliphatic heterocycles. The van der Waals surface area contributed by atoms with Crippen LogP contribution in [0, 0.1) is 0 Å². The van der Waals surface area contributed by atoms with Crippen molar-refractivity contribution in [1.82, 2.24) is 0 Å². The first kappa shape index (κ1) is 8.89. The molecule has 0 radical (unpaired) electrons. The third kappa shape index (κ3) is 1.88. The highest BCUT2D eigenvalue weighted by Gasteiger charge is 2.35. The molecule has 1 heterocycles. The average Bonchev–Trinajstić information content (AvgIpc) is 1.96. The second-order valence-corrected chi connectivity index (χ2v) is 2.61. The van der Waals surface area contributed by atoms with Crippen LogP contribution in [-0.2, 0) is 4.74 Å². The fourth-order valence-electron chi connectivity index (χ4n) is 1.08. The predicted molar refractivity (Wildman–Crippen MR) is 34.6 cm³/mol. The van der Waals surface area contributed by atoms with E-state index in [0.717, 1.165) is 0 Å². The number of rotatable bonds is 1. The van der Waals surface area contributed by atoms with Gasteiger partial charge in [0.15, 0.2) is 6.29 Å². The average molecular weight is 164 g/mol. The molecule has 1 unspecified atom stereocenters. The maximum atomic E-state index is 9.11. The van der Waals surface area contributed by atoms with Crippen molar-refractivity contribution < 1.29 is 25.2 Å². The van der Waals surface area contributed by atoms with Crippen molar-refractivity contribution in [2.45, 2.75) is 31.0 Å². The summed E-state index contributed by atoms with van der Waals surface area (Å²) in [6, 6.07) is 0. The summed E-state index contributed by atoms with van der Waals surface area (Å²) >= 11 is 0. The Morgan fingerprint density at radius 2 is 1.91 bits per heavy atom. The maximum Gasteiger partial charge on any atom is 0.157 e. The monoisotopic (exact) mass is 164 g/mol. The molecule has 0 bridgehead atoms. The van der Waals surface area contributed by atoms with E-state index in [1.807, 2.05) is 0 Å². The molecule has 0 spiro atoms. The van der Waals surface area contributed by atoms with Crippen LogP contribution in [0.3, 0.4) is 0 Å². The predicted octanol–water partition coefficient (Wildman–Crippen LogP) is -2.19. The molecule has 4 atom stereocenters. The molecular formula is C6H12O5. The molecule has 0 aromatic carbocycles. The molecule has 5 heteroatoms. The first-order valence-electron chi connectivity index (χ1n) is 3.45. The normalized spacial score (nSPS) is 45.8. The Morgan fingerprint density at radius 3 is 2.45 bits per heavy atom. The van der Waals surface area contributed by atoms with Crippen LogP contribution in [0.1, 0.15) is 6.42 Å². The molecule has 0 saturated carbocycles. The summed E-state index contributed by atoms with van der Waals surface area (Å²) in [5.74, 6) is 0. The minimum absolute atomic E-state index is 0.0162. The number of hydrogen-bond donors (Lipinski definition) is 4. The lowest BCUT2D eigenvalue weighted by Gasteiger charge is -2.33. The zero-order valence-electron chi connectivity index (χ0n) is 5.92. The van der Waals surface area contributed by atoms with Gasteiger partial charge in [0.25, 0.3) is 0 Å². The Kier molecular flexibility index (Phi) is 2.80.